The first-order valence-corrected chi connectivity index (χ1v) is 11.8. The molecule has 13 heteroatoms. The van der Waals surface area contributed by atoms with E-state index in [-0.39, 0.29) is 22.4 Å². The topological polar surface area (TPSA) is 149 Å². The summed E-state index contributed by atoms with van der Waals surface area (Å²) in [4.78, 5) is 60.6. The van der Waals surface area contributed by atoms with E-state index < -0.39 is 40.8 Å². The Bertz CT molecular complexity index is 1020. The van der Waals surface area contributed by atoms with E-state index in [0.717, 1.165) is 11.3 Å². The number of likely N-dealkylation sites (tertiary alicyclic amines) is 1. The van der Waals surface area contributed by atoms with Gasteiger partial charge in [0.1, 0.15) is 22.9 Å². The summed E-state index contributed by atoms with van der Waals surface area (Å²) in [6.45, 7) is 13.5. The van der Waals surface area contributed by atoms with Crippen molar-refractivity contribution in [2.45, 2.75) is 78.2 Å². The number of aromatic nitrogens is 1. The predicted molar refractivity (Wildman–Crippen MR) is 129 cm³/mol. The number of esters is 1. The Morgan fingerprint density at radius 1 is 1.09 bits per heavy atom. The Hall–Kier alpha value is -3.22. The minimum absolute atomic E-state index is 0.0682. The number of amides is 3. The van der Waals surface area contributed by atoms with E-state index in [0.29, 0.717) is 6.54 Å². The number of oxime groups is 1. The molecule has 1 saturated heterocycles. The summed E-state index contributed by atoms with van der Waals surface area (Å²) >= 11 is 1.03. The van der Waals surface area contributed by atoms with Gasteiger partial charge in [0, 0.05) is 19.0 Å². The van der Waals surface area contributed by atoms with E-state index >= 15 is 0 Å². The Balaban J connectivity index is 2.26. The number of carbonyl (C=O) groups excluding carboxylic acids is 4. The van der Waals surface area contributed by atoms with Crippen LogP contribution in [0.25, 0.3) is 0 Å². The summed E-state index contributed by atoms with van der Waals surface area (Å²) in [6.07, 6.45) is -0.716. The molecule has 1 aromatic heterocycles. The zero-order chi connectivity index (χ0) is 26.8. The van der Waals surface area contributed by atoms with E-state index in [4.69, 9.17) is 14.3 Å². The van der Waals surface area contributed by atoms with Crippen molar-refractivity contribution in [3.8, 4) is 0 Å². The number of rotatable bonds is 7. The van der Waals surface area contributed by atoms with Gasteiger partial charge in [-0.2, -0.15) is 0 Å². The summed E-state index contributed by atoms with van der Waals surface area (Å²) in [5, 5.41) is 10.6. The highest BCUT2D eigenvalue weighted by molar-refractivity contribution is 7.14. The number of anilines is 1. The highest BCUT2D eigenvalue weighted by Crippen LogP contribution is 2.21. The number of hydrogen-bond acceptors (Lipinski definition) is 10. The molecule has 1 fully saturated rings. The fourth-order valence-electron chi connectivity index (χ4n) is 2.56. The lowest BCUT2D eigenvalue weighted by Gasteiger charge is -2.35. The summed E-state index contributed by atoms with van der Waals surface area (Å²) < 4.78 is 10.5. The van der Waals surface area contributed by atoms with E-state index in [9.17, 15) is 19.2 Å². The van der Waals surface area contributed by atoms with E-state index in [2.05, 4.69) is 20.8 Å². The quantitative estimate of drug-likeness (QED) is 0.245. The fourth-order valence-corrected chi connectivity index (χ4v) is 3.24. The van der Waals surface area contributed by atoms with Crippen molar-refractivity contribution < 1.29 is 33.5 Å². The smallest absolute Gasteiger partial charge is 0.413 e. The maximum absolute atomic E-state index is 13.0. The van der Waals surface area contributed by atoms with Gasteiger partial charge in [0.25, 0.3) is 5.91 Å². The molecule has 35 heavy (non-hydrogen) atoms. The van der Waals surface area contributed by atoms with Gasteiger partial charge in [-0.3, -0.25) is 14.9 Å². The van der Waals surface area contributed by atoms with Crippen molar-refractivity contribution in [2.24, 2.45) is 5.16 Å². The first kappa shape index (κ1) is 28.0. The first-order chi connectivity index (χ1) is 15.9. The summed E-state index contributed by atoms with van der Waals surface area (Å²) in [7, 11) is 1.61. The number of β-lactam (4-membered cyclic amide) rings is 1. The second-order valence-electron chi connectivity index (χ2n) is 10.5. The van der Waals surface area contributed by atoms with E-state index in [1.165, 1.54) is 24.1 Å². The zero-order valence-corrected chi connectivity index (χ0v) is 22.3. The molecule has 0 unspecified atom stereocenters. The normalized spacial score (nSPS) is 16.8. The molecule has 1 aliphatic heterocycles. The molecule has 3 amide bonds. The van der Waals surface area contributed by atoms with Crippen LogP contribution in [0.3, 0.4) is 0 Å². The van der Waals surface area contributed by atoms with Gasteiger partial charge in [0.05, 0.1) is 0 Å². The molecule has 1 aliphatic rings. The van der Waals surface area contributed by atoms with Gasteiger partial charge in [-0.15, -0.1) is 11.3 Å². The predicted octanol–water partition coefficient (Wildman–Crippen LogP) is 2.29. The van der Waals surface area contributed by atoms with E-state index in [1.54, 1.807) is 48.6 Å². The van der Waals surface area contributed by atoms with Gasteiger partial charge in [0.2, 0.25) is 11.5 Å². The SMILES string of the molecule is CN1C[C@H](NC(=O)/C(=N\OC(C)(C)C(=O)OC(C)(C)C)c2csc(NC(=O)OC(C)(C)C)n2)C1=O. The first-order valence-electron chi connectivity index (χ1n) is 10.9. The molecular formula is C22H33N5O7S. The van der Waals surface area contributed by atoms with E-state index in [1.807, 2.05) is 0 Å². The largest absolute Gasteiger partial charge is 0.457 e. The van der Waals surface area contributed by atoms with Gasteiger partial charge >= 0.3 is 12.1 Å². The zero-order valence-electron chi connectivity index (χ0n) is 21.5. The Kier molecular flexibility index (Phi) is 8.15. The summed E-state index contributed by atoms with van der Waals surface area (Å²) in [6, 6.07) is -0.713. The average molecular weight is 512 g/mol. The third-order valence-corrected chi connectivity index (χ3v) is 5.02. The molecular weight excluding hydrogens is 478 g/mol. The molecule has 0 aliphatic carbocycles. The lowest BCUT2D eigenvalue weighted by Crippen LogP contribution is -2.63. The Morgan fingerprint density at radius 2 is 1.69 bits per heavy atom. The minimum Gasteiger partial charge on any atom is -0.457 e. The molecule has 1 atom stereocenters. The summed E-state index contributed by atoms with van der Waals surface area (Å²) in [5.74, 6) is -1.67. The van der Waals surface area contributed by atoms with Gasteiger partial charge in [-0.1, -0.05) is 5.16 Å². The van der Waals surface area contributed by atoms with Crippen LogP contribution in [0.5, 0.6) is 0 Å². The van der Waals surface area contributed by atoms with Crippen LogP contribution in [-0.4, -0.2) is 75.9 Å². The molecule has 0 saturated carbocycles. The highest BCUT2D eigenvalue weighted by atomic mass is 32.1. The van der Waals surface area contributed by atoms with Crippen LogP contribution in [0.2, 0.25) is 0 Å². The highest BCUT2D eigenvalue weighted by Gasteiger charge is 2.38. The molecule has 0 aromatic carbocycles. The molecule has 2 heterocycles. The summed E-state index contributed by atoms with van der Waals surface area (Å²) in [5.41, 5.74) is -3.20. The van der Waals surface area contributed by atoms with Gasteiger partial charge < -0.3 is 24.5 Å². The van der Waals surface area contributed by atoms with Crippen molar-refractivity contribution in [3.63, 3.8) is 0 Å². The number of nitrogens with zero attached hydrogens (tertiary/aromatic N) is 3. The maximum Gasteiger partial charge on any atom is 0.413 e. The fraction of sp³-hybridized carbons (Fsp3) is 0.636. The van der Waals surface area contributed by atoms with Crippen molar-refractivity contribution in [3.05, 3.63) is 11.1 Å². The van der Waals surface area contributed by atoms with Gasteiger partial charge in [0.15, 0.2) is 10.8 Å². The average Bonchev–Trinajstić information content (AvgIpc) is 3.12. The third-order valence-electron chi connectivity index (χ3n) is 4.26. The minimum atomic E-state index is -1.53. The number of hydrogen-bond donors (Lipinski definition) is 2. The molecule has 194 valence electrons. The van der Waals surface area contributed by atoms with Crippen LogP contribution in [0.15, 0.2) is 10.5 Å². The Labute approximate surface area is 208 Å². The van der Waals surface area contributed by atoms with Crippen LogP contribution in [0, 0.1) is 0 Å². The third kappa shape index (κ3) is 8.19. The molecule has 0 spiro atoms. The molecule has 1 aromatic rings. The maximum atomic E-state index is 13.0. The molecule has 0 radical (unpaired) electrons. The van der Waals surface area contributed by atoms with Crippen LogP contribution < -0.4 is 10.6 Å². The lowest BCUT2D eigenvalue weighted by atomic mass is 10.1. The van der Waals surface area contributed by atoms with Crippen molar-refractivity contribution in [1.29, 1.82) is 0 Å². The van der Waals surface area contributed by atoms with Crippen LogP contribution in [-0.2, 0) is 28.7 Å². The van der Waals surface area contributed by atoms with Gasteiger partial charge in [-0.25, -0.2) is 14.6 Å². The van der Waals surface area contributed by atoms with Crippen LogP contribution in [0.1, 0.15) is 61.1 Å². The van der Waals surface area contributed by atoms with Crippen molar-refractivity contribution in [2.75, 3.05) is 18.9 Å². The standard InChI is InChI=1S/C22H33N5O7S/c1-20(2,3)32-17(30)22(7,8)34-26-14(15(28)23-12-10-27(9)16(12)29)13-11-35-18(24-13)25-19(31)33-21(4,5)6/h11-12H,10H2,1-9H3,(H,23,28)(H,24,25,31)/b26-14-/t12-/m0/s1. The van der Waals surface area contributed by atoms with Gasteiger partial charge in [-0.05, 0) is 55.4 Å². The second-order valence-corrected chi connectivity index (χ2v) is 11.3. The number of ether oxygens (including phenoxy) is 2. The van der Waals surface area contributed by atoms with Crippen LogP contribution >= 0.6 is 11.3 Å². The molecule has 0 bridgehead atoms. The molecule has 12 nitrogen and oxygen atoms in total. The van der Waals surface area contributed by atoms with Crippen molar-refractivity contribution >= 4 is 46.1 Å². The van der Waals surface area contributed by atoms with Crippen LogP contribution in [0.4, 0.5) is 9.93 Å². The Morgan fingerprint density at radius 3 is 2.20 bits per heavy atom. The monoisotopic (exact) mass is 511 g/mol. The van der Waals surface area contributed by atoms with Crippen molar-refractivity contribution in [1.82, 2.24) is 15.2 Å². The number of likely N-dealkylation sites (N-methyl/N-ethyl adjacent to an activating group) is 1. The lowest BCUT2D eigenvalue weighted by molar-refractivity contribution is -0.179. The number of nitrogens with one attached hydrogen (secondary N) is 2. The molecule has 2 rings (SSSR count). The molecule has 2 N–H and O–H groups in total. The number of carbonyl (C=O) groups is 4. The second kappa shape index (κ2) is 10.2. The number of thiazole rings is 1.